The molecule has 2 aliphatic heterocycles. The van der Waals surface area contributed by atoms with Crippen molar-refractivity contribution < 1.29 is 49.6 Å². The molecule has 3 aliphatic carbocycles. The molecule has 0 spiro atoms. The third kappa shape index (κ3) is 6.98. The summed E-state index contributed by atoms with van der Waals surface area (Å²) < 4.78 is 25.3. The second-order valence-electron chi connectivity index (χ2n) is 17.4. The second kappa shape index (κ2) is 16.6. The predicted molar refractivity (Wildman–Crippen MR) is 233 cm³/mol. The highest BCUT2D eigenvalue weighted by atomic mass is 33.1. The van der Waals surface area contributed by atoms with Crippen molar-refractivity contribution in [1.29, 1.82) is 0 Å². The molecule has 3 heterocycles. The smallest absolute Gasteiger partial charge is 0.207 e. The molecule has 0 amide bonds. The van der Waals surface area contributed by atoms with Crippen LogP contribution in [0, 0.1) is 11.8 Å². The lowest BCUT2D eigenvalue weighted by Crippen LogP contribution is -2.57. The van der Waals surface area contributed by atoms with Crippen LogP contribution in [0.5, 0.6) is 40.2 Å². The first-order valence-electron chi connectivity index (χ1n) is 21.2. The molecule has 4 aromatic rings. The maximum absolute atomic E-state index is 13.2. The Hall–Kier alpha value is -4.14. The Kier molecular flexibility index (Phi) is 11.4. The zero-order chi connectivity index (χ0) is 41.9. The number of methoxy groups -OCH3 is 1. The lowest BCUT2D eigenvalue weighted by molar-refractivity contribution is -0.112. The van der Waals surface area contributed by atoms with Crippen molar-refractivity contribution >= 4 is 27.2 Å². The van der Waals surface area contributed by atoms with Crippen LogP contribution in [0.15, 0.2) is 54.9 Å². The summed E-state index contributed by atoms with van der Waals surface area (Å²) in [7, 11) is 4.99. The topological polar surface area (TPSA) is 172 Å². The number of aliphatic hydroxyl groups excluding tert-OH is 3. The molecule has 0 radical (unpaired) electrons. The maximum atomic E-state index is 13.2. The van der Waals surface area contributed by atoms with Crippen LogP contribution in [0.3, 0.4) is 0 Å². The summed E-state index contributed by atoms with van der Waals surface area (Å²) >= 11 is 0. The molecule has 6 N–H and O–H groups in total. The van der Waals surface area contributed by atoms with Gasteiger partial charge in [-0.2, -0.15) is 12.4 Å². The number of ether oxygens (including phenoxy) is 4. The summed E-state index contributed by atoms with van der Waals surface area (Å²) in [6.45, 7) is 4.05. The summed E-state index contributed by atoms with van der Waals surface area (Å²) in [5.41, 5.74) is 5.36. The van der Waals surface area contributed by atoms with Crippen molar-refractivity contribution in [1.82, 2.24) is 4.98 Å². The van der Waals surface area contributed by atoms with Crippen molar-refractivity contribution in [3.05, 3.63) is 82.7 Å². The predicted octanol–water partition coefficient (Wildman–Crippen LogP) is 8.34. The zero-order valence-electron chi connectivity index (χ0n) is 34.2. The molecule has 9 rings (SSSR count). The first-order valence-corrected chi connectivity index (χ1v) is 23.5. The lowest BCUT2D eigenvalue weighted by atomic mass is 9.61. The fourth-order valence-electron chi connectivity index (χ4n) is 10.7. The normalized spacial score (nSPS) is 27.8. The molecule has 0 unspecified atom stereocenters. The number of rotatable bonds is 11. The van der Waals surface area contributed by atoms with Crippen LogP contribution in [-0.2, 0) is 5.60 Å². The first kappa shape index (κ1) is 41.2. The standard InChI is InChI=1S/C47H54NO10S2/c1-24(2)10-14-56-37-20-34(43(52)45(55-3)44(37)53)47-11-8-38-42(46(47)54)41-36(58-47)21-35(57-15-13-49)39-31-7-5-28(51)19-32(31)30(33(23-50)40(39)41)6-4-25-16-27(26-9-12-48-22-26)18-29(17-25)59-60-38/h5,7,9,12,18-22,24-25,29-30,33,38,42,46,49-54H,4,6,8,10-11,13-17,23H2,1-3H3/q-1/t25-,29-,30+,33-,38+,42-,46-,47+/m1/s1. The first-order chi connectivity index (χ1) is 29.1. The Labute approximate surface area is 358 Å². The maximum Gasteiger partial charge on any atom is 0.207 e. The van der Waals surface area contributed by atoms with Gasteiger partial charge in [0.25, 0.3) is 0 Å². The number of nitrogens with zero attached hydrogens (tertiary/aromatic N) is 1. The Morgan fingerprint density at radius 3 is 2.53 bits per heavy atom. The number of benzene rings is 3. The van der Waals surface area contributed by atoms with Crippen LogP contribution < -0.4 is 23.9 Å². The molecule has 11 nitrogen and oxygen atoms in total. The van der Waals surface area contributed by atoms with Gasteiger partial charge in [0.05, 0.1) is 26.9 Å². The molecule has 6 bridgehead atoms. The fourth-order valence-corrected chi connectivity index (χ4v) is 14.0. The van der Waals surface area contributed by atoms with Gasteiger partial charge in [-0.15, -0.1) is 0 Å². The van der Waals surface area contributed by atoms with E-state index >= 15 is 0 Å². The zero-order valence-corrected chi connectivity index (χ0v) is 35.8. The largest absolute Gasteiger partial charge is 0.670 e. The van der Waals surface area contributed by atoms with E-state index in [0.29, 0.717) is 42.8 Å². The highest BCUT2D eigenvalue weighted by Crippen LogP contribution is 2.66. The van der Waals surface area contributed by atoms with Gasteiger partial charge >= 0.3 is 0 Å². The van der Waals surface area contributed by atoms with Crippen molar-refractivity contribution in [2.45, 2.75) is 98.8 Å². The van der Waals surface area contributed by atoms with E-state index < -0.39 is 23.5 Å². The number of aromatic nitrogens is 1. The highest BCUT2D eigenvalue weighted by molar-refractivity contribution is 8.77. The van der Waals surface area contributed by atoms with Gasteiger partial charge < -0.3 is 54.6 Å². The minimum absolute atomic E-state index is 0.00249. The number of hydrogen-bond acceptors (Lipinski definition) is 12. The van der Waals surface area contributed by atoms with E-state index in [1.165, 1.54) is 12.7 Å². The number of fused-ring (bicyclic) bond motifs is 7. The molecule has 1 aromatic heterocycles. The average Bonchev–Trinajstić information content (AvgIpc) is 3.78. The quantitative estimate of drug-likeness (QED) is 0.0796. The van der Waals surface area contributed by atoms with E-state index in [4.69, 9.17) is 18.9 Å². The van der Waals surface area contributed by atoms with Crippen LogP contribution >= 0.6 is 21.6 Å². The van der Waals surface area contributed by atoms with Gasteiger partial charge in [-0.05, 0) is 109 Å². The number of phenols is 3. The molecule has 320 valence electrons. The third-order valence-electron chi connectivity index (χ3n) is 13.5. The fraction of sp³-hybridized carbons (Fsp3) is 0.489. The van der Waals surface area contributed by atoms with Crippen LogP contribution in [0.4, 0.5) is 0 Å². The molecule has 13 heteroatoms. The minimum Gasteiger partial charge on any atom is -0.670 e. The van der Waals surface area contributed by atoms with Gasteiger partial charge in [0.15, 0.2) is 17.1 Å². The van der Waals surface area contributed by atoms with Crippen molar-refractivity contribution in [2.24, 2.45) is 11.8 Å². The highest BCUT2D eigenvalue weighted by Gasteiger charge is 2.60. The van der Waals surface area contributed by atoms with Gasteiger partial charge in [0, 0.05) is 45.1 Å². The Bertz CT molecular complexity index is 2260. The van der Waals surface area contributed by atoms with E-state index in [0.717, 1.165) is 65.5 Å². The monoisotopic (exact) mass is 856 g/mol. The second-order valence-corrected chi connectivity index (χ2v) is 20.1. The van der Waals surface area contributed by atoms with E-state index in [1.807, 2.05) is 41.4 Å². The molecule has 1 saturated carbocycles. The van der Waals surface area contributed by atoms with E-state index in [-0.39, 0.29) is 70.5 Å². The summed E-state index contributed by atoms with van der Waals surface area (Å²) in [5.74, 6) is -0.122. The number of hydrogen-bond donors (Lipinski definition) is 6. The number of allylic oxidation sites excluding steroid dienone is 1. The SMILES string of the molecule is COc1c(O)c(OCCC(C)C)cc([C@@]23CC[C@@H]4SS[C@H]5C=C(c6cc[n-]c6)C[C@@H](CC[C@H]6c7cc(O)ccc7-c7c(OCCO)cc(c(c7[C@@H]6CO)[C@@H]4[C@H]2O)O3)C5)c1O. The Morgan fingerprint density at radius 1 is 0.950 bits per heavy atom. The summed E-state index contributed by atoms with van der Waals surface area (Å²) in [6.07, 6.45) is 10.2. The molecule has 1 fully saturated rings. The van der Waals surface area contributed by atoms with Gasteiger partial charge in [-0.25, -0.2) is 0 Å². The molecule has 8 atom stereocenters. The van der Waals surface area contributed by atoms with E-state index in [2.05, 4.69) is 31.0 Å². The molecule has 0 saturated heterocycles. The van der Waals surface area contributed by atoms with Gasteiger partial charge in [-0.3, -0.25) is 0 Å². The van der Waals surface area contributed by atoms with Crippen LogP contribution in [0.2, 0.25) is 0 Å². The van der Waals surface area contributed by atoms with Gasteiger partial charge in [0.1, 0.15) is 30.0 Å². The van der Waals surface area contributed by atoms with Crippen LogP contribution in [-0.4, -0.2) is 80.8 Å². The third-order valence-corrected chi connectivity index (χ3v) is 16.7. The molecule has 5 aliphatic rings. The number of aromatic hydroxyl groups is 3. The Balaban J connectivity index is 1.27. The molecular weight excluding hydrogens is 803 g/mol. The van der Waals surface area contributed by atoms with Gasteiger partial charge in [0.2, 0.25) is 11.5 Å². The summed E-state index contributed by atoms with van der Waals surface area (Å²) in [6, 6.07) is 10.9. The average molecular weight is 857 g/mol. The van der Waals surface area contributed by atoms with Gasteiger partial charge in [-0.1, -0.05) is 53.6 Å². The van der Waals surface area contributed by atoms with E-state index in [1.54, 1.807) is 22.9 Å². The number of aliphatic hydroxyl groups is 3. The van der Waals surface area contributed by atoms with Crippen LogP contribution in [0.1, 0.15) is 104 Å². The molecule has 3 aromatic carbocycles. The van der Waals surface area contributed by atoms with Crippen molar-refractivity contribution in [2.75, 3.05) is 33.5 Å². The van der Waals surface area contributed by atoms with Crippen LogP contribution in [0.25, 0.3) is 16.7 Å². The minimum atomic E-state index is -1.50. The van der Waals surface area contributed by atoms with E-state index in [9.17, 15) is 30.6 Å². The summed E-state index contributed by atoms with van der Waals surface area (Å²) in [5, 5.41) is 69.1. The molecular formula is C47H54NO10S2-. The summed E-state index contributed by atoms with van der Waals surface area (Å²) in [4.78, 5) is 4.38. The van der Waals surface area contributed by atoms with Crippen molar-refractivity contribution in [3.8, 4) is 51.4 Å². The van der Waals surface area contributed by atoms with Crippen molar-refractivity contribution in [3.63, 3.8) is 0 Å². The molecule has 60 heavy (non-hydrogen) atoms. The number of phenolic OH excluding ortho intramolecular Hbond substituents is 3. The lowest BCUT2D eigenvalue weighted by Gasteiger charge is -2.54. The Morgan fingerprint density at radius 2 is 1.78 bits per heavy atom.